The molecule has 0 aromatic carbocycles. The number of likely N-dealkylation sites (N-methyl/N-ethyl adjacent to an activating group) is 1. The summed E-state index contributed by atoms with van der Waals surface area (Å²) in [5, 5.41) is 0. The van der Waals surface area contributed by atoms with Gasteiger partial charge in [0.25, 0.3) is 0 Å². The van der Waals surface area contributed by atoms with Crippen molar-refractivity contribution < 1.29 is 4.74 Å². The van der Waals surface area contributed by atoms with Crippen molar-refractivity contribution in [3.63, 3.8) is 0 Å². The fourth-order valence-electron chi connectivity index (χ4n) is 2.07. The topological polar surface area (TPSA) is 12.5 Å². The van der Waals surface area contributed by atoms with E-state index >= 15 is 0 Å². The zero-order chi connectivity index (χ0) is 11.4. The minimum absolute atomic E-state index is 0.446. The molecular formula is C12H18BrNOS. The van der Waals surface area contributed by atoms with Gasteiger partial charge in [-0.2, -0.15) is 0 Å². The molecule has 0 saturated carbocycles. The van der Waals surface area contributed by atoms with Gasteiger partial charge < -0.3 is 4.74 Å². The molecule has 0 radical (unpaired) electrons. The Kier molecular flexibility index (Phi) is 4.82. The quantitative estimate of drug-likeness (QED) is 0.844. The van der Waals surface area contributed by atoms with Crippen LogP contribution in [-0.4, -0.2) is 31.2 Å². The van der Waals surface area contributed by atoms with Crippen LogP contribution in [0.15, 0.2) is 15.9 Å². The second-order valence-electron chi connectivity index (χ2n) is 4.39. The second kappa shape index (κ2) is 6.15. The molecule has 1 atom stereocenters. The lowest BCUT2D eigenvalue weighted by Crippen LogP contribution is -2.32. The second-order valence-corrected chi connectivity index (χ2v) is 6.94. The van der Waals surface area contributed by atoms with Gasteiger partial charge in [-0.05, 0) is 54.4 Å². The van der Waals surface area contributed by atoms with Gasteiger partial charge in [-0.3, -0.25) is 4.90 Å². The highest BCUT2D eigenvalue weighted by molar-refractivity contribution is 9.11. The first-order chi connectivity index (χ1) is 7.74. The summed E-state index contributed by atoms with van der Waals surface area (Å²) < 4.78 is 6.96. The van der Waals surface area contributed by atoms with E-state index in [1.54, 1.807) is 0 Å². The highest BCUT2D eigenvalue weighted by Gasteiger charge is 2.16. The Morgan fingerprint density at radius 1 is 1.50 bits per heavy atom. The average molecular weight is 304 g/mol. The van der Waals surface area contributed by atoms with E-state index in [1.165, 1.54) is 27.9 Å². The van der Waals surface area contributed by atoms with Gasteiger partial charge in [-0.15, -0.1) is 11.3 Å². The molecular weight excluding hydrogens is 286 g/mol. The SMILES string of the molecule is CN(Cc1ccc(Br)s1)CC1CCCCO1. The Balaban J connectivity index is 1.77. The predicted molar refractivity (Wildman–Crippen MR) is 71.9 cm³/mol. The maximum atomic E-state index is 5.74. The van der Waals surface area contributed by atoms with Gasteiger partial charge in [0.15, 0.2) is 0 Å². The Bertz CT molecular complexity index is 323. The fourth-order valence-corrected chi connectivity index (χ4v) is 3.63. The Morgan fingerprint density at radius 3 is 3.00 bits per heavy atom. The van der Waals surface area contributed by atoms with Gasteiger partial charge >= 0.3 is 0 Å². The van der Waals surface area contributed by atoms with E-state index in [0.717, 1.165) is 19.7 Å². The molecule has 1 aromatic heterocycles. The molecule has 0 amide bonds. The van der Waals surface area contributed by atoms with E-state index < -0.39 is 0 Å². The van der Waals surface area contributed by atoms with Crippen LogP contribution in [0.4, 0.5) is 0 Å². The molecule has 1 unspecified atom stereocenters. The lowest BCUT2D eigenvalue weighted by Gasteiger charge is -2.27. The molecule has 90 valence electrons. The molecule has 1 fully saturated rings. The van der Waals surface area contributed by atoms with Gasteiger partial charge in [0, 0.05) is 24.6 Å². The van der Waals surface area contributed by atoms with Gasteiger partial charge in [-0.1, -0.05) is 0 Å². The molecule has 2 heterocycles. The average Bonchev–Trinajstić information content (AvgIpc) is 2.65. The van der Waals surface area contributed by atoms with E-state index in [0.29, 0.717) is 6.10 Å². The number of hydrogen-bond acceptors (Lipinski definition) is 3. The summed E-state index contributed by atoms with van der Waals surface area (Å²) in [5.41, 5.74) is 0. The fraction of sp³-hybridized carbons (Fsp3) is 0.667. The van der Waals surface area contributed by atoms with Crippen molar-refractivity contribution in [1.29, 1.82) is 0 Å². The Labute approximate surface area is 110 Å². The molecule has 4 heteroatoms. The first-order valence-corrected chi connectivity index (χ1v) is 7.39. The summed E-state index contributed by atoms with van der Waals surface area (Å²) in [6.07, 6.45) is 4.22. The minimum Gasteiger partial charge on any atom is -0.377 e. The van der Waals surface area contributed by atoms with E-state index in [4.69, 9.17) is 4.74 Å². The maximum Gasteiger partial charge on any atom is 0.0702 e. The number of ether oxygens (including phenoxy) is 1. The van der Waals surface area contributed by atoms with Crippen LogP contribution in [-0.2, 0) is 11.3 Å². The molecule has 1 aliphatic rings. The Morgan fingerprint density at radius 2 is 2.38 bits per heavy atom. The third-order valence-electron chi connectivity index (χ3n) is 2.84. The van der Waals surface area contributed by atoms with Crippen LogP contribution < -0.4 is 0 Å². The smallest absolute Gasteiger partial charge is 0.0702 e. The van der Waals surface area contributed by atoms with Gasteiger partial charge in [0.05, 0.1) is 9.89 Å². The molecule has 2 nitrogen and oxygen atoms in total. The lowest BCUT2D eigenvalue weighted by atomic mass is 10.1. The predicted octanol–water partition coefficient (Wildman–Crippen LogP) is 3.51. The van der Waals surface area contributed by atoms with E-state index in [-0.39, 0.29) is 0 Å². The lowest BCUT2D eigenvalue weighted by molar-refractivity contribution is -0.00245. The highest BCUT2D eigenvalue weighted by atomic mass is 79.9. The number of nitrogens with zero attached hydrogens (tertiary/aromatic N) is 1. The first kappa shape index (κ1) is 12.6. The minimum atomic E-state index is 0.446. The largest absolute Gasteiger partial charge is 0.377 e. The van der Waals surface area contributed by atoms with Crippen molar-refractivity contribution in [2.45, 2.75) is 31.9 Å². The van der Waals surface area contributed by atoms with Gasteiger partial charge in [0.1, 0.15) is 0 Å². The molecule has 2 rings (SSSR count). The summed E-state index contributed by atoms with van der Waals surface area (Å²) in [5.74, 6) is 0. The van der Waals surface area contributed by atoms with Crippen LogP contribution in [0.5, 0.6) is 0 Å². The molecule has 0 spiro atoms. The van der Waals surface area contributed by atoms with E-state index in [9.17, 15) is 0 Å². The van der Waals surface area contributed by atoms with Crippen LogP contribution in [0.25, 0.3) is 0 Å². The van der Waals surface area contributed by atoms with Crippen molar-refractivity contribution in [3.05, 3.63) is 20.8 Å². The molecule has 16 heavy (non-hydrogen) atoms. The van der Waals surface area contributed by atoms with Crippen LogP contribution in [0, 0.1) is 0 Å². The third-order valence-corrected chi connectivity index (χ3v) is 4.45. The summed E-state index contributed by atoms with van der Waals surface area (Å²) in [6, 6.07) is 4.30. The zero-order valence-electron chi connectivity index (χ0n) is 9.62. The maximum absolute atomic E-state index is 5.74. The van der Waals surface area contributed by atoms with Crippen molar-refractivity contribution in [2.75, 3.05) is 20.2 Å². The Hall–Kier alpha value is 0.1000. The number of hydrogen-bond donors (Lipinski definition) is 0. The highest BCUT2D eigenvalue weighted by Crippen LogP contribution is 2.23. The number of thiophene rings is 1. The molecule has 1 saturated heterocycles. The number of rotatable bonds is 4. The summed E-state index contributed by atoms with van der Waals surface area (Å²) in [7, 11) is 2.17. The molecule has 0 N–H and O–H groups in total. The van der Waals surface area contributed by atoms with E-state index in [2.05, 4.69) is 40.0 Å². The van der Waals surface area contributed by atoms with Crippen molar-refractivity contribution in [1.82, 2.24) is 4.90 Å². The van der Waals surface area contributed by atoms with Gasteiger partial charge in [0.2, 0.25) is 0 Å². The summed E-state index contributed by atoms with van der Waals surface area (Å²) in [4.78, 5) is 3.76. The van der Waals surface area contributed by atoms with E-state index in [1.807, 2.05) is 11.3 Å². The van der Waals surface area contributed by atoms with Crippen LogP contribution in [0.1, 0.15) is 24.1 Å². The third kappa shape index (κ3) is 3.84. The van der Waals surface area contributed by atoms with Crippen molar-refractivity contribution >= 4 is 27.3 Å². The number of halogens is 1. The molecule has 1 aromatic rings. The first-order valence-electron chi connectivity index (χ1n) is 5.78. The van der Waals surface area contributed by atoms with Crippen LogP contribution >= 0.6 is 27.3 Å². The van der Waals surface area contributed by atoms with Gasteiger partial charge in [-0.25, -0.2) is 0 Å². The summed E-state index contributed by atoms with van der Waals surface area (Å²) >= 11 is 5.31. The standard InChI is InChI=1S/C12H18BrNOS/c1-14(8-10-4-2-3-7-15-10)9-11-5-6-12(13)16-11/h5-6,10H,2-4,7-9H2,1H3. The monoisotopic (exact) mass is 303 g/mol. The van der Waals surface area contributed by atoms with Crippen molar-refractivity contribution in [2.24, 2.45) is 0 Å². The molecule has 0 aliphatic carbocycles. The molecule has 0 bridgehead atoms. The van der Waals surface area contributed by atoms with Crippen LogP contribution in [0.3, 0.4) is 0 Å². The zero-order valence-corrected chi connectivity index (χ0v) is 12.0. The normalized spacial score (nSPS) is 21.6. The van der Waals surface area contributed by atoms with Crippen molar-refractivity contribution in [3.8, 4) is 0 Å². The van der Waals surface area contributed by atoms with Crippen LogP contribution in [0.2, 0.25) is 0 Å². The molecule has 1 aliphatic heterocycles. The summed E-state index contributed by atoms with van der Waals surface area (Å²) in [6.45, 7) is 3.02.